The Kier molecular flexibility index (Phi) is 4.00. The first-order chi connectivity index (χ1) is 11.5. The highest BCUT2D eigenvalue weighted by Crippen LogP contribution is 2.34. The van der Waals surface area contributed by atoms with E-state index in [1.54, 1.807) is 6.92 Å². The summed E-state index contributed by atoms with van der Waals surface area (Å²) in [6.45, 7) is 7.60. The van der Waals surface area contributed by atoms with Crippen LogP contribution in [0.4, 0.5) is 11.5 Å². The molecular formula is C16H22ClN5O2. The molecule has 0 aliphatic carbocycles. The fourth-order valence-electron chi connectivity index (χ4n) is 3.86. The van der Waals surface area contributed by atoms with Crippen molar-refractivity contribution in [2.24, 2.45) is 0 Å². The van der Waals surface area contributed by atoms with E-state index in [0.29, 0.717) is 30.5 Å². The van der Waals surface area contributed by atoms with E-state index in [-0.39, 0.29) is 11.9 Å². The van der Waals surface area contributed by atoms with Gasteiger partial charge in [-0.3, -0.25) is 4.79 Å². The Morgan fingerprint density at radius 1 is 1.25 bits per heavy atom. The summed E-state index contributed by atoms with van der Waals surface area (Å²) in [5.41, 5.74) is 0.900. The molecule has 7 nitrogen and oxygen atoms in total. The Morgan fingerprint density at radius 3 is 2.58 bits per heavy atom. The van der Waals surface area contributed by atoms with Gasteiger partial charge in [-0.15, -0.1) is 10.2 Å². The predicted octanol–water partition coefficient (Wildman–Crippen LogP) is 1.16. The van der Waals surface area contributed by atoms with E-state index < -0.39 is 0 Å². The van der Waals surface area contributed by atoms with Crippen LogP contribution in [-0.2, 0) is 9.53 Å². The van der Waals surface area contributed by atoms with Crippen LogP contribution in [0.2, 0.25) is 5.15 Å². The number of piperazine rings is 1. The molecule has 5 heterocycles. The first-order valence-corrected chi connectivity index (χ1v) is 8.85. The second-order valence-electron chi connectivity index (χ2n) is 6.91. The van der Waals surface area contributed by atoms with Gasteiger partial charge in [-0.1, -0.05) is 11.6 Å². The standard InChI is InChI=1S/C16H22ClN5O2/c1-10-7-20(11(2)23)3-4-22(10)14-6-15(18-19-16(14)17)21-8-12-5-13(9-21)24-12/h6,10,12-13H,3-5,7-9H2,1-2H3. The average Bonchev–Trinajstić information content (AvgIpc) is 2.55. The molecule has 0 radical (unpaired) electrons. The average molecular weight is 352 g/mol. The number of carbonyl (C=O) groups is 1. The van der Waals surface area contributed by atoms with Crippen LogP contribution in [-0.4, -0.2) is 72.0 Å². The quantitative estimate of drug-likeness (QED) is 0.797. The topological polar surface area (TPSA) is 61.8 Å². The maximum absolute atomic E-state index is 11.6. The van der Waals surface area contributed by atoms with Crippen molar-refractivity contribution in [1.29, 1.82) is 0 Å². The van der Waals surface area contributed by atoms with Crippen LogP contribution in [0.5, 0.6) is 0 Å². The number of aromatic nitrogens is 2. The highest BCUT2D eigenvalue weighted by Gasteiger charge is 2.39. The van der Waals surface area contributed by atoms with E-state index in [1.165, 1.54) is 0 Å². The number of piperidine rings is 1. The molecule has 3 atom stereocenters. The largest absolute Gasteiger partial charge is 0.371 e. The number of rotatable bonds is 2. The molecule has 3 unspecified atom stereocenters. The molecule has 0 spiro atoms. The van der Waals surface area contributed by atoms with Crippen molar-refractivity contribution < 1.29 is 9.53 Å². The van der Waals surface area contributed by atoms with E-state index in [0.717, 1.165) is 37.6 Å². The lowest BCUT2D eigenvalue weighted by Crippen LogP contribution is -2.57. The predicted molar refractivity (Wildman–Crippen MR) is 91.6 cm³/mol. The van der Waals surface area contributed by atoms with Gasteiger partial charge in [0, 0.05) is 58.2 Å². The van der Waals surface area contributed by atoms with Gasteiger partial charge in [-0.25, -0.2) is 0 Å². The van der Waals surface area contributed by atoms with E-state index in [4.69, 9.17) is 16.3 Å². The number of ether oxygens (including phenoxy) is 1. The number of amides is 1. The summed E-state index contributed by atoms with van der Waals surface area (Å²) >= 11 is 6.33. The number of hydrogen-bond acceptors (Lipinski definition) is 6. The number of nitrogens with zero attached hydrogens (tertiary/aromatic N) is 5. The number of hydrogen-bond donors (Lipinski definition) is 0. The Morgan fingerprint density at radius 2 is 1.96 bits per heavy atom. The summed E-state index contributed by atoms with van der Waals surface area (Å²) in [4.78, 5) is 17.9. The Labute approximate surface area is 146 Å². The minimum Gasteiger partial charge on any atom is -0.371 e. The van der Waals surface area contributed by atoms with Crippen molar-refractivity contribution in [2.75, 3.05) is 42.5 Å². The molecule has 4 saturated heterocycles. The van der Waals surface area contributed by atoms with Crippen molar-refractivity contribution in [3.8, 4) is 0 Å². The molecule has 5 rings (SSSR count). The number of halogens is 1. The molecule has 4 aliphatic rings. The third kappa shape index (κ3) is 2.80. The molecular weight excluding hydrogens is 330 g/mol. The van der Waals surface area contributed by atoms with Crippen LogP contribution in [0.25, 0.3) is 0 Å². The Bertz CT molecular complexity index is 641. The third-order valence-corrected chi connectivity index (χ3v) is 5.45. The highest BCUT2D eigenvalue weighted by molar-refractivity contribution is 6.32. The lowest BCUT2D eigenvalue weighted by Gasteiger charge is -2.47. The zero-order valence-corrected chi connectivity index (χ0v) is 14.7. The first kappa shape index (κ1) is 15.9. The van der Waals surface area contributed by atoms with Gasteiger partial charge in [-0.05, 0) is 6.92 Å². The maximum Gasteiger partial charge on any atom is 0.219 e. The van der Waals surface area contributed by atoms with Crippen molar-refractivity contribution in [2.45, 2.75) is 38.5 Å². The molecule has 2 bridgehead atoms. The Hall–Kier alpha value is -1.60. The molecule has 0 N–H and O–H groups in total. The number of anilines is 2. The van der Waals surface area contributed by atoms with E-state index in [2.05, 4.69) is 26.9 Å². The fourth-order valence-corrected chi connectivity index (χ4v) is 4.06. The fraction of sp³-hybridized carbons (Fsp3) is 0.688. The molecule has 0 aromatic carbocycles. The second-order valence-corrected chi connectivity index (χ2v) is 7.26. The van der Waals surface area contributed by atoms with Crippen molar-refractivity contribution >= 4 is 29.0 Å². The molecule has 1 aromatic rings. The van der Waals surface area contributed by atoms with Gasteiger partial charge in [0.15, 0.2) is 11.0 Å². The molecule has 8 heteroatoms. The Balaban J connectivity index is 1.54. The molecule has 24 heavy (non-hydrogen) atoms. The third-order valence-electron chi connectivity index (χ3n) is 5.18. The van der Waals surface area contributed by atoms with Crippen LogP contribution in [0.3, 0.4) is 0 Å². The van der Waals surface area contributed by atoms with Gasteiger partial charge < -0.3 is 19.4 Å². The van der Waals surface area contributed by atoms with Crippen molar-refractivity contribution in [3.63, 3.8) is 0 Å². The molecule has 4 aliphatic heterocycles. The SMILES string of the molecule is CC(=O)N1CCN(c2cc(N3CC4CC(C3)O4)nnc2Cl)C(C)C1. The summed E-state index contributed by atoms with van der Waals surface area (Å²) in [5.74, 6) is 0.974. The second kappa shape index (κ2) is 6.04. The van der Waals surface area contributed by atoms with Crippen LogP contribution in [0, 0.1) is 0 Å². The zero-order valence-electron chi connectivity index (χ0n) is 14.0. The van der Waals surface area contributed by atoms with Gasteiger partial charge in [0.05, 0.1) is 17.9 Å². The molecule has 1 aromatic heterocycles. The van der Waals surface area contributed by atoms with Gasteiger partial charge in [0.2, 0.25) is 5.91 Å². The number of carbonyl (C=O) groups excluding carboxylic acids is 1. The summed E-state index contributed by atoms with van der Waals surface area (Å²) in [6, 6.07) is 2.22. The minimum absolute atomic E-state index is 0.119. The zero-order chi connectivity index (χ0) is 16.8. The highest BCUT2D eigenvalue weighted by atomic mass is 35.5. The van der Waals surface area contributed by atoms with Crippen LogP contribution in [0.1, 0.15) is 20.3 Å². The molecule has 4 fully saturated rings. The van der Waals surface area contributed by atoms with Gasteiger partial charge >= 0.3 is 0 Å². The molecule has 130 valence electrons. The van der Waals surface area contributed by atoms with Crippen LogP contribution in [0.15, 0.2) is 6.07 Å². The van der Waals surface area contributed by atoms with Crippen LogP contribution >= 0.6 is 11.6 Å². The molecule has 0 saturated carbocycles. The number of fused-ring (bicyclic) bond motifs is 2. The van der Waals surface area contributed by atoms with Crippen molar-refractivity contribution in [3.05, 3.63) is 11.2 Å². The summed E-state index contributed by atoms with van der Waals surface area (Å²) in [7, 11) is 0. The molecule has 1 amide bonds. The lowest BCUT2D eigenvalue weighted by atomic mass is 9.99. The van der Waals surface area contributed by atoms with Gasteiger partial charge in [0.1, 0.15) is 0 Å². The first-order valence-electron chi connectivity index (χ1n) is 8.47. The van der Waals surface area contributed by atoms with Gasteiger partial charge in [-0.2, -0.15) is 0 Å². The summed E-state index contributed by atoms with van der Waals surface area (Å²) in [6.07, 6.45) is 1.79. The summed E-state index contributed by atoms with van der Waals surface area (Å²) < 4.78 is 5.68. The van der Waals surface area contributed by atoms with Crippen LogP contribution < -0.4 is 9.80 Å². The van der Waals surface area contributed by atoms with E-state index in [9.17, 15) is 4.79 Å². The van der Waals surface area contributed by atoms with E-state index in [1.807, 2.05) is 11.0 Å². The summed E-state index contributed by atoms with van der Waals surface area (Å²) in [5, 5.41) is 8.86. The minimum atomic E-state index is 0.119. The van der Waals surface area contributed by atoms with Crippen molar-refractivity contribution in [1.82, 2.24) is 15.1 Å². The number of morpholine rings is 1. The normalized spacial score (nSPS) is 29.5. The monoisotopic (exact) mass is 351 g/mol. The van der Waals surface area contributed by atoms with Gasteiger partial charge in [0.25, 0.3) is 0 Å². The maximum atomic E-state index is 11.6. The lowest BCUT2D eigenvalue weighted by molar-refractivity contribution is -0.133. The smallest absolute Gasteiger partial charge is 0.219 e. The van der Waals surface area contributed by atoms with E-state index >= 15 is 0 Å².